The molecular weight excluding hydrogens is 440 g/mol. The van der Waals surface area contributed by atoms with Crippen molar-refractivity contribution in [2.75, 3.05) is 17.4 Å². The molecule has 0 atom stereocenters. The first-order valence-corrected chi connectivity index (χ1v) is 12.8. The first-order chi connectivity index (χ1) is 15.4. The summed E-state index contributed by atoms with van der Waals surface area (Å²) in [7, 11) is -3.69. The lowest BCUT2D eigenvalue weighted by atomic mass is 10.0. The van der Waals surface area contributed by atoms with Crippen LogP contribution < -0.4 is 4.31 Å². The number of aryl methyl sites for hydroxylation is 2. The average Bonchev–Trinajstić information content (AvgIpc) is 2.78. The largest absolute Gasteiger partial charge is 0.299 e. The Kier molecular flexibility index (Phi) is 6.89. The number of sulfonamides is 1. The van der Waals surface area contributed by atoms with Gasteiger partial charge < -0.3 is 0 Å². The molecule has 0 radical (unpaired) electrons. The predicted octanol–water partition coefficient (Wildman–Crippen LogP) is 5.82. The predicted molar refractivity (Wildman–Crippen MR) is 132 cm³/mol. The fourth-order valence-corrected chi connectivity index (χ4v) is 6.50. The minimum absolute atomic E-state index is 0.0928. The van der Waals surface area contributed by atoms with E-state index in [1.807, 2.05) is 68.4 Å². The Balaban J connectivity index is 1.60. The first-order valence-electron chi connectivity index (χ1n) is 11.0. The summed E-state index contributed by atoms with van der Waals surface area (Å²) in [6.45, 7) is 6.29. The molecule has 6 heteroatoms. The number of hydrogen-bond donors (Lipinski definition) is 0. The van der Waals surface area contributed by atoms with Gasteiger partial charge in [0.25, 0.3) is 10.0 Å². The van der Waals surface area contributed by atoms with Crippen LogP contribution in [-0.4, -0.2) is 32.4 Å². The Morgan fingerprint density at radius 1 is 0.906 bits per heavy atom. The Bertz CT molecular complexity index is 1170. The van der Waals surface area contributed by atoms with Crippen molar-refractivity contribution in [3.63, 3.8) is 0 Å². The van der Waals surface area contributed by atoms with Crippen LogP contribution in [0.4, 0.5) is 5.69 Å². The highest BCUT2D eigenvalue weighted by Crippen LogP contribution is 2.32. The lowest BCUT2D eigenvalue weighted by Crippen LogP contribution is -2.47. The molecule has 1 fully saturated rings. The van der Waals surface area contributed by atoms with Crippen molar-refractivity contribution >= 4 is 27.3 Å². The normalized spacial score (nSPS) is 15.6. The fourth-order valence-electron chi connectivity index (χ4n) is 4.37. The number of rotatable bonds is 6. The monoisotopic (exact) mass is 468 g/mol. The van der Waals surface area contributed by atoms with Crippen molar-refractivity contribution in [1.29, 1.82) is 0 Å². The van der Waals surface area contributed by atoms with Crippen molar-refractivity contribution in [2.24, 2.45) is 0 Å². The fraction of sp³-hybridized carbons (Fsp3) is 0.308. The minimum Gasteiger partial charge on any atom is -0.299 e. The highest BCUT2D eigenvalue weighted by molar-refractivity contribution is 7.93. The molecular formula is C26H29ClN2O2S. The number of anilines is 1. The molecule has 0 amide bonds. The van der Waals surface area contributed by atoms with Crippen molar-refractivity contribution in [3.8, 4) is 0 Å². The SMILES string of the molecule is Cc1ccc(N(C2CCN(Cc3ccccc3Cl)CC2)S(=O)(=O)c2ccccc2C)cc1. The molecule has 3 aromatic carbocycles. The van der Waals surface area contributed by atoms with Crippen LogP contribution in [0.3, 0.4) is 0 Å². The van der Waals surface area contributed by atoms with Crippen LogP contribution >= 0.6 is 11.6 Å². The third kappa shape index (κ3) is 4.85. The van der Waals surface area contributed by atoms with Gasteiger partial charge in [0.15, 0.2) is 0 Å². The summed E-state index contributed by atoms with van der Waals surface area (Å²) in [6, 6.07) is 22.8. The second-order valence-corrected chi connectivity index (χ2v) is 10.7. The lowest BCUT2D eigenvalue weighted by molar-refractivity contribution is 0.206. The van der Waals surface area contributed by atoms with Gasteiger partial charge in [-0.1, -0.05) is 65.7 Å². The maximum Gasteiger partial charge on any atom is 0.264 e. The lowest BCUT2D eigenvalue weighted by Gasteiger charge is -2.39. The molecule has 1 saturated heterocycles. The molecule has 1 aliphatic rings. The third-order valence-corrected chi connectivity index (χ3v) is 8.57. The summed E-state index contributed by atoms with van der Waals surface area (Å²) < 4.78 is 29.4. The molecule has 1 aliphatic heterocycles. The summed E-state index contributed by atoms with van der Waals surface area (Å²) in [5.74, 6) is 0. The minimum atomic E-state index is -3.69. The number of nitrogens with zero attached hydrogens (tertiary/aromatic N) is 2. The van der Waals surface area contributed by atoms with Gasteiger partial charge in [0, 0.05) is 30.7 Å². The molecule has 0 saturated carbocycles. The number of likely N-dealkylation sites (tertiary alicyclic amines) is 1. The van der Waals surface area contributed by atoms with E-state index in [4.69, 9.17) is 11.6 Å². The molecule has 0 aromatic heterocycles. The van der Waals surface area contributed by atoms with Crippen LogP contribution in [0.1, 0.15) is 29.5 Å². The van der Waals surface area contributed by atoms with E-state index >= 15 is 0 Å². The molecule has 0 unspecified atom stereocenters. The van der Waals surface area contributed by atoms with E-state index in [0.717, 1.165) is 59.9 Å². The van der Waals surface area contributed by atoms with Gasteiger partial charge in [0.1, 0.15) is 0 Å². The highest BCUT2D eigenvalue weighted by Gasteiger charge is 2.34. The molecule has 0 bridgehead atoms. The van der Waals surface area contributed by atoms with Crippen LogP contribution in [0, 0.1) is 13.8 Å². The van der Waals surface area contributed by atoms with Gasteiger partial charge in [0.05, 0.1) is 10.6 Å². The molecule has 4 rings (SSSR count). The van der Waals surface area contributed by atoms with Crippen LogP contribution in [0.5, 0.6) is 0 Å². The zero-order valence-corrected chi connectivity index (χ0v) is 20.1. The topological polar surface area (TPSA) is 40.6 Å². The summed E-state index contributed by atoms with van der Waals surface area (Å²) in [5.41, 5.74) is 3.70. The van der Waals surface area contributed by atoms with Crippen molar-refractivity contribution in [1.82, 2.24) is 4.90 Å². The zero-order chi connectivity index (χ0) is 22.7. The number of benzene rings is 3. The van der Waals surface area contributed by atoms with Gasteiger partial charge in [-0.15, -0.1) is 0 Å². The Hall–Kier alpha value is -2.34. The number of piperidine rings is 1. The molecule has 1 heterocycles. The summed E-state index contributed by atoms with van der Waals surface area (Å²) in [4.78, 5) is 2.73. The van der Waals surface area contributed by atoms with Gasteiger partial charge in [-0.2, -0.15) is 0 Å². The van der Waals surface area contributed by atoms with Gasteiger partial charge >= 0.3 is 0 Å². The number of hydrogen-bond acceptors (Lipinski definition) is 3. The van der Waals surface area contributed by atoms with Gasteiger partial charge in [-0.05, 0) is 62.1 Å². The average molecular weight is 469 g/mol. The molecule has 32 heavy (non-hydrogen) atoms. The molecule has 4 nitrogen and oxygen atoms in total. The Labute approximate surface area is 196 Å². The summed E-state index contributed by atoms with van der Waals surface area (Å²) in [5, 5.41) is 0.776. The number of halogens is 1. The highest BCUT2D eigenvalue weighted by atomic mass is 35.5. The van der Waals surface area contributed by atoms with Crippen molar-refractivity contribution < 1.29 is 8.42 Å². The standard InChI is InChI=1S/C26H29ClN2O2S/c1-20-11-13-23(14-12-20)29(32(30,31)26-10-6-3-7-21(26)2)24-15-17-28(18-16-24)19-22-8-4-5-9-25(22)27/h3-14,24H,15-19H2,1-2H3. The van der Waals surface area contributed by atoms with E-state index in [2.05, 4.69) is 11.0 Å². The third-order valence-electron chi connectivity index (χ3n) is 6.16. The van der Waals surface area contributed by atoms with E-state index in [0.29, 0.717) is 4.90 Å². The van der Waals surface area contributed by atoms with Gasteiger partial charge in [0.2, 0.25) is 0 Å². The van der Waals surface area contributed by atoms with E-state index in [1.165, 1.54) is 0 Å². The second-order valence-electron chi connectivity index (χ2n) is 8.50. The van der Waals surface area contributed by atoms with Crippen LogP contribution in [0.2, 0.25) is 5.02 Å². The molecule has 3 aromatic rings. The van der Waals surface area contributed by atoms with E-state index in [9.17, 15) is 8.42 Å². The van der Waals surface area contributed by atoms with Crippen molar-refractivity contribution in [2.45, 2.75) is 44.2 Å². The van der Waals surface area contributed by atoms with Gasteiger partial charge in [-0.3, -0.25) is 9.21 Å². The molecule has 0 spiro atoms. The maximum atomic E-state index is 13.8. The zero-order valence-electron chi connectivity index (χ0n) is 18.5. The second kappa shape index (κ2) is 9.65. The Morgan fingerprint density at radius 2 is 1.53 bits per heavy atom. The van der Waals surface area contributed by atoms with E-state index in [1.54, 1.807) is 16.4 Å². The maximum absolute atomic E-state index is 13.8. The summed E-state index contributed by atoms with van der Waals surface area (Å²) in [6.07, 6.45) is 1.53. The Morgan fingerprint density at radius 3 is 2.19 bits per heavy atom. The van der Waals surface area contributed by atoms with Crippen LogP contribution in [0.15, 0.2) is 77.7 Å². The first kappa shape index (κ1) is 22.8. The quantitative estimate of drug-likeness (QED) is 0.458. The molecule has 0 aliphatic carbocycles. The smallest absolute Gasteiger partial charge is 0.264 e. The summed E-state index contributed by atoms with van der Waals surface area (Å²) >= 11 is 6.34. The molecule has 0 N–H and O–H groups in total. The van der Waals surface area contributed by atoms with E-state index in [-0.39, 0.29) is 6.04 Å². The van der Waals surface area contributed by atoms with Crippen LogP contribution in [0.25, 0.3) is 0 Å². The van der Waals surface area contributed by atoms with Crippen LogP contribution in [-0.2, 0) is 16.6 Å². The van der Waals surface area contributed by atoms with E-state index < -0.39 is 10.0 Å². The molecule has 168 valence electrons. The van der Waals surface area contributed by atoms with Gasteiger partial charge in [-0.25, -0.2) is 8.42 Å². The van der Waals surface area contributed by atoms with Crippen molar-refractivity contribution in [3.05, 3.63) is 94.5 Å².